The molecule has 4 heteroatoms. The minimum Gasteiger partial charge on any atom is -0.372 e. The number of amides is 1. The van der Waals surface area contributed by atoms with E-state index >= 15 is 0 Å². The average Bonchev–Trinajstić information content (AvgIpc) is 3.25. The summed E-state index contributed by atoms with van der Waals surface area (Å²) < 4.78 is 0. The summed E-state index contributed by atoms with van der Waals surface area (Å²) in [5.74, 6) is 1.78. The van der Waals surface area contributed by atoms with E-state index in [1.165, 1.54) is 25.1 Å². The maximum absolute atomic E-state index is 12.0. The monoisotopic (exact) mass is 315 g/mol. The number of anilines is 2. The number of nitrogens with one attached hydrogen (secondary N) is 1. The second kappa shape index (κ2) is 6.91. The highest BCUT2D eigenvalue weighted by molar-refractivity contribution is 5.94. The van der Waals surface area contributed by atoms with Gasteiger partial charge in [0, 0.05) is 36.9 Å². The zero-order valence-corrected chi connectivity index (χ0v) is 14.6. The second-order valence-electron chi connectivity index (χ2n) is 7.55. The largest absolute Gasteiger partial charge is 0.372 e. The van der Waals surface area contributed by atoms with Crippen LogP contribution >= 0.6 is 0 Å². The molecule has 0 aromatic heterocycles. The fourth-order valence-corrected chi connectivity index (χ4v) is 3.57. The summed E-state index contributed by atoms with van der Waals surface area (Å²) >= 11 is 0. The van der Waals surface area contributed by atoms with E-state index in [1.807, 2.05) is 12.1 Å². The number of carbonyl (C=O) groups excluding carboxylic acids is 1. The van der Waals surface area contributed by atoms with Crippen LogP contribution in [0.2, 0.25) is 0 Å². The Morgan fingerprint density at radius 2 is 1.83 bits per heavy atom. The quantitative estimate of drug-likeness (QED) is 0.907. The maximum Gasteiger partial charge on any atom is 0.227 e. The van der Waals surface area contributed by atoms with Crippen LogP contribution < -0.4 is 10.2 Å². The van der Waals surface area contributed by atoms with Crippen molar-refractivity contribution in [1.82, 2.24) is 4.90 Å². The molecule has 1 aromatic rings. The lowest BCUT2D eigenvalue weighted by Gasteiger charge is -2.34. The molecule has 1 saturated heterocycles. The van der Waals surface area contributed by atoms with Gasteiger partial charge in [0.2, 0.25) is 5.91 Å². The Hall–Kier alpha value is -1.55. The Balaban J connectivity index is 1.51. The van der Waals surface area contributed by atoms with E-state index in [2.05, 4.69) is 48.3 Å². The number of hydrogen-bond acceptors (Lipinski definition) is 3. The van der Waals surface area contributed by atoms with E-state index in [4.69, 9.17) is 0 Å². The molecule has 0 unspecified atom stereocenters. The molecule has 1 aromatic carbocycles. The molecular weight excluding hydrogens is 286 g/mol. The standard InChI is InChI=1S/C19H29N3O/c1-14-12-18(14)19(23)20-16-4-6-17(7-5-16)22-10-8-15(9-11-22)13-21(2)3/h4-7,14-15,18H,8-13H2,1-3H3,(H,20,23)/t14-,18-/m1/s1. The van der Waals surface area contributed by atoms with Gasteiger partial charge >= 0.3 is 0 Å². The Morgan fingerprint density at radius 1 is 1.22 bits per heavy atom. The first-order valence-electron chi connectivity index (χ1n) is 8.83. The van der Waals surface area contributed by atoms with Crippen molar-refractivity contribution < 1.29 is 4.79 Å². The molecule has 1 N–H and O–H groups in total. The molecule has 0 bridgehead atoms. The van der Waals surface area contributed by atoms with Crippen LogP contribution in [0.15, 0.2) is 24.3 Å². The van der Waals surface area contributed by atoms with E-state index < -0.39 is 0 Å². The molecule has 126 valence electrons. The third-order valence-electron chi connectivity index (χ3n) is 5.18. The van der Waals surface area contributed by atoms with Gasteiger partial charge in [-0.15, -0.1) is 0 Å². The van der Waals surface area contributed by atoms with Crippen molar-refractivity contribution >= 4 is 17.3 Å². The highest BCUT2D eigenvalue weighted by Crippen LogP contribution is 2.38. The lowest BCUT2D eigenvalue weighted by Crippen LogP contribution is -2.37. The lowest BCUT2D eigenvalue weighted by atomic mass is 9.96. The molecule has 23 heavy (non-hydrogen) atoms. The first kappa shape index (κ1) is 16.3. The van der Waals surface area contributed by atoms with Crippen LogP contribution in [-0.4, -0.2) is 44.5 Å². The van der Waals surface area contributed by atoms with Gasteiger partial charge in [-0.1, -0.05) is 6.92 Å². The molecular formula is C19H29N3O. The number of benzene rings is 1. The molecule has 1 saturated carbocycles. The third kappa shape index (κ3) is 4.25. The number of hydrogen-bond donors (Lipinski definition) is 1. The van der Waals surface area contributed by atoms with E-state index in [9.17, 15) is 4.79 Å². The minimum absolute atomic E-state index is 0.176. The molecule has 0 spiro atoms. The third-order valence-corrected chi connectivity index (χ3v) is 5.18. The summed E-state index contributed by atoms with van der Waals surface area (Å²) in [6, 6.07) is 8.34. The van der Waals surface area contributed by atoms with Crippen molar-refractivity contribution in [3.8, 4) is 0 Å². The van der Waals surface area contributed by atoms with Crippen LogP contribution in [0.25, 0.3) is 0 Å². The van der Waals surface area contributed by atoms with E-state index in [0.29, 0.717) is 5.92 Å². The fraction of sp³-hybridized carbons (Fsp3) is 0.632. The van der Waals surface area contributed by atoms with Crippen LogP contribution in [0, 0.1) is 17.8 Å². The number of piperidine rings is 1. The Morgan fingerprint density at radius 3 is 2.35 bits per heavy atom. The van der Waals surface area contributed by atoms with Crippen LogP contribution in [0.1, 0.15) is 26.2 Å². The highest BCUT2D eigenvalue weighted by atomic mass is 16.2. The molecule has 2 fully saturated rings. The predicted molar refractivity (Wildman–Crippen MR) is 95.8 cm³/mol. The van der Waals surface area contributed by atoms with Crippen LogP contribution in [0.4, 0.5) is 11.4 Å². The van der Waals surface area contributed by atoms with Crippen LogP contribution in [0.5, 0.6) is 0 Å². The normalized spacial score (nSPS) is 24.8. The molecule has 1 aliphatic carbocycles. The van der Waals surface area contributed by atoms with Crippen molar-refractivity contribution in [3.05, 3.63) is 24.3 Å². The summed E-state index contributed by atoms with van der Waals surface area (Å²) in [7, 11) is 4.31. The molecule has 1 heterocycles. The number of rotatable bonds is 5. The van der Waals surface area contributed by atoms with Crippen LogP contribution in [-0.2, 0) is 4.79 Å². The number of nitrogens with zero attached hydrogens (tertiary/aromatic N) is 2. The van der Waals surface area contributed by atoms with Crippen LogP contribution in [0.3, 0.4) is 0 Å². The fourth-order valence-electron chi connectivity index (χ4n) is 3.57. The smallest absolute Gasteiger partial charge is 0.227 e. The zero-order chi connectivity index (χ0) is 16.4. The summed E-state index contributed by atoms with van der Waals surface area (Å²) in [6.07, 6.45) is 3.55. The van der Waals surface area contributed by atoms with Crippen molar-refractivity contribution in [3.63, 3.8) is 0 Å². The molecule has 1 amide bonds. The van der Waals surface area contributed by atoms with Crippen molar-refractivity contribution in [1.29, 1.82) is 0 Å². The van der Waals surface area contributed by atoms with E-state index in [-0.39, 0.29) is 11.8 Å². The van der Waals surface area contributed by atoms with Gasteiger partial charge < -0.3 is 15.1 Å². The van der Waals surface area contributed by atoms with E-state index in [0.717, 1.165) is 31.1 Å². The van der Waals surface area contributed by atoms with Gasteiger partial charge in [-0.25, -0.2) is 0 Å². The second-order valence-corrected chi connectivity index (χ2v) is 7.55. The maximum atomic E-state index is 12.0. The van der Waals surface area contributed by atoms with Crippen molar-refractivity contribution in [2.24, 2.45) is 17.8 Å². The summed E-state index contributed by atoms with van der Waals surface area (Å²) in [5, 5.41) is 3.03. The Labute approximate surface area is 139 Å². The predicted octanol–water partition coefficient (Wildman–Crippen LogP) is 3.06. The van der Waals surface area contributed by atoms with Gasteiger partial charge in [-0.3, -0.25) is 4.79 Å². The number of carbonyl (C=O) groups is 1. The van der Waals surface area contributed by atoms with Gasteiger partial charge in [-0.2, -0.15) is 0 Å². The molecule has 2 aliphatic rings. The summed E-state index contributed by atoms with van der Waals surface area (Å²) in [4.78, 5) is 16.7. The van der Waals surface area contributed by atoms with Crippen molar-refractivity contribution in [2.75, 3.05) is 43.9 Å². The molecule has 0 radical (unpaired) electrons. The molecule has 4 nitrogen and oxygen atoms in total. The molecule has 1 aliphatic heterocycles. The first-order chi connectivity index (χ1) is 11.0. The summed E-state index contributed by atoms with van der Waals surface area (Å²) in [6.45, 7) is 5.58. The molecule has 3 rings (SSSR count). The van der Waals surface area contributed by atoms with Gasteiger partial charge in [0.25, 0.3) is 0 Å². The molecule has 2 atom stereocenters. The average molecular weight is 315 g/mol. The Kier molecular flexibility index (Phi) is 4.90. The van der Waals surface area contributed by atoms with Gasteiger partial charge in [0.1, 0.15) is 0 Å². The Bertz CT molecular complexity index is 532. The van der Waals surface area contributed by atoms with E-state index in [1.54, 1.807) is 0 Å². The first-order valence-corrected chi connectivity index (χ1v) is 8.83. The van der Waals surface area contributed by atoms with Gasteiger partial charge in [0.15, 0.2) is 0 Å². The van der Waals surface area contributed by atoms with Gasteiger partial charge in [-0.05, 0) is 69.5 Å². The zero-order valence-electron chi connectivity index (χ0n) is 14.6. The van der Waals surface area contributed by atoms with Gasteiger partial charge in [0.05, 0.1) is 0 Å². The van der Waals surface area contributed by atoms with Crippen molar-refractivity contribution in [2.45, 2.75) is 26.2 Å². The highest BCUT2D eigenvalue weighted by Gasteiger charge is 2.39. The lowest BCUT2D eigenvalue weighted by molar-refractivity contribution is -0.117. The minimum atomic E-state index is 0.176. The SMILES string of the molecule is C[C@@H]1C[C@H]1C(=O)Nc1ccc(N2CCC(CN(C)C)CC2)cc1. The topological polar surface area (TPSA) is 35.6 Å². The summed E-state index contributed by atoms with van der Waals surface area (Å²) in [5.41, 5.74) is 2.19.